The first-order valence-corrected chi connectivity index (χ1v) is 11.8. The minimum absolute atomic E-state index is 0.0365. The third-order valence-electron chi connectivity index (χ3n) is 6.25. The molecule has 2 N–H and O–H groups in total. The summed E-state index contributed by atoms with van der Waals surface area (Å²) in [6, 6.07) is 7.54. The van der Waals surface area contributed by atoms with Crippen LogP contribution in [0.5, 0.6) is 17.4 Å². The molecule has 0 amide bonds. The number of nitrogens with two attached hydrogens (primary N) is 1. The van der Waals surface area contributed by atoms with Gasteiger partial charge in [0.25, 0.3) is 5.92 Å². The van der Waals surface area contributed by atoms with Gasteiger partial charge in [0, 0.05) is 55.9 Å². The Balaban J connectivity index is 1.76. The Hall–Kier alpha value is -2.94. The summed E-state index contributed by atoms with van der Waals surface area (Å²) in [6.45, 7) is 9.44. The zero-order valence-electron chi connectivity index (χ0n) is 21.0. The SMILES string of the molecule is COC/C(N)=N\[C@@]1(C)c2cc(N3CCC(F)(F)CC3)ccc2Oc2cnc(OCC(C)(C)C)cc21. The molecule has 35 heavy (non-hydrogen) atoms. The van der Waals surface area contributed by atoms with Crippen molar-refractivity contribution >= 4 is 11.5 Å². The van der Waals surface area contributed by atoms with E-state index in [-0.39, 0.29) is 38.0 Å². The van der Waals surface area contributed by atoms with Crippen LogP contribution in [-0.2, 0) is 10.3 Å². The summed E-state index contributed by atoms with van der Waals surface area (Å²) in [6.07, 6.45) is 1.30. The number of rotatable bonds is 6. The molecular weight excluding hydrogens is 454 g/mol. The predicted octanol–water partition coefficient (Wildman–Crippen LogP) is 5.11. The number of methoxy groups -OCH3 is 1. The number of pyridine rings is 1. The standard InChI is InChI=1S/C26H34F2N4O3/c1-24(2,3)16-34-23-13-19-21(14-30-23)35-20-7-6-17(32-10-8-26(27,28)9-11-32)12-18(20)25(19,4)31-22(29)15-33-5/h6-7,12-14H,8-11,15-16H2,1-5H3,(H2,29,31)/t25-/m0/s1. The number of benzene rings is 1. The van der Waals surface area contributed by atoms with Gasteiger partial charge in [0.1, 0.15) is 23.7 Å². The minimum atomic E-state index is -2.61. The van der Waals surface area contributed by atoms with Crippen LogP contribution < -0.4 is 20.1 Å². The lowest BCUT2D eigenvalue weighted by Gasteiger charge is -2.37. The summed E-state index contributed by atoms with van der Waals surface area (Å²) in [7, 11) is 1.56. The molecule has 1 aromatic heterocycles. The zero-order chi connectivity index (χ0) is 25.4. The number of piperidine rings is 1. The van der Waals surface area contributed by atoms with Crippen LogP contribution in [0.4, 0.5) is 14.5 Å². The third-order valence-corrected chi connectivity index (χ3v) is 6.25. The van der Waals surface area contributed by atoms with E-state index < -0.39 is 11.5 Å². The molecule has 2 aliphatic heterocycles. The molecule has 0 bridgehead atoms. The normalized spacial score (nSPS) is 21.7. The molecule has 0 saturated carbocycles. The first-order valence-electron chi connectivity index (χ1n) is 11.8. The second-order valence-electron chi connectivity index (χ2n) is 10.6. The van der Waals surface area contributed by atoms with E-state index in [4.69, 9.17) is 24.9 Å². The van der Waals surface area contributed by atoms with Crippen LogP contribution >= 0.6 is 0 Å². The number of aromatic nitrogens is 1. The highest BCUT2D eigenvalue weighted by atomic mass is 19.3. The van der Waals surface area contributed by atoms with E-state index in [1.807, 2.05) is 36.1 Å². The van der Waals surface area contributed by atoms with Crippen molar-refractivity contribution in [1.82, 2.24) is 4.98 Å². The van der Waals surface area contributed by atoms with E-state index in [1.54, 1.807) is 13.3 Å². The third kappa shape index (κ3) is 5.50. The number of hydrogen-bond acceptors (Lipinski definition) is 6. The van der Waals surface area contributed by atoms with Crippen LogP contribution in [0.1, 0.15) is 51.7 Å². The highest BCUT2D eigenvalue weighted by molar-refractivity contribution is 5.83. The predicted molar refractivity (Wildman–Crippen MR) is 132 cm³/mol. The van der Waals surface area contributed by atoms with Gasteiger partial charge in [0.2, 0.25) is 5.88 Å². The maximum atomic E-state index is 13.7. The highest BCUT2D eigenvalue weighted by Crippen LogP contribution is 2.50. The number of anilines is 1. The maximum Gasteiger partial charge on any atom is 0.251 e. The summed E-state index contributed by atoms with van der Waals surface area (Å²) in [4.78, 5) is 11.3. The summed E-state index contributed by atoms with van der Waals surface area (Å²) >= 11 is 0. The monoisotopic (exact) mass is 488 g/mol. The first kappa shape index (κ1) is 25.2. The fourth-order valence-corrected chi connectivity index (χ4v) is 4.38. The van der Waals surface area contributed by atoms with Gasteiger partial charge in [-0.25, -0.2) is 13.8 Å². The van der Waals surface area contributed by atoms with E-state index >= 15 is 0 Å². The van der Waals surface area contributed by atoms with Crippen LogP contribution in [-0.4, -0.2) is 50.2 Å². The van der Waals surface area contributed by atoms with Gasteiger partial charge < -0.3 is 24.8 Å². The Morgan fingerprint density at radius 3 is 2.51 bits per heavy atom. The molecule has 7 nitrogen and oxygen atoms in total. The van der Waals surface area contributed by atoms with Gasteiger partial charge in [-0.05, 0) is 30.5 Å². The smallest absolute Gasteiger partial charge is 0.251 e. The van der Waals surface area contributed by atoms with E-state index in [1.165, 1.54) is 0 Å². The largest absolute Gasteiger partial charge is 0.477 e. The Morgan fingerprint density at radius 2 is 1.86 bits per heavy atom. The van der Waals surface area contributed by atoms with Gasteiger partial charge in [0.15, 0.2) is 5.75 Å². The molecule has 2 aromatic rings. The van der Waals surface area contributed by atoms with Crippen LogP contribution in [0, 0.1) is 5.41 Å². The number of halogens is 2. The lowest BCUT2D eigenvalue weighted by atomic mass is 9.82. The average molecular weight is 489 g/mol. The van der Waals surface area contributed by atoms with Gasteiger partial charge in [-0.3, -0.25) is 4.99 Å². The summed E-state index contributed by atoms with van der Waals surface area (Å²) < 4.78 is 44.8. The van der Waals surface area contributed by atoms with Crippen LogP contribution in [0.25, 0.3) is 0 Å². The lowest BCUT2D eigenvalue weighted by Crippen LogP contribution is -2.39. The number of ether oxygens (including phenoxy) is 3. The summed E-state index contributed by atoms with van der Waals surface area (Å²) in [5.74, 6) is -0.651. The fourth-order valence-electron chi connectivity index (χ4n) is 4.38. The van der Waals surface area contributed by atoms with Crippen LogP contribution in [0.15, 0.2) is 35.5 Å². The lowest BCUT2D eigenvalue weighted by molar-refractivity contribution is -0.0220. The van der Waals surface area contributed by atoms with Gasteiger partial charge in [-0.1, -0.05) is 20.8 Å². The maximum absolute atomic E-state index is 13.7. The van der Waals surface area contributed by atoms with Crippen molar-refractivity contribution in [3.05, 3.63) is 41.6 Å². The molecule has 4 rings (SSSR count). The van der Waals surface area contributed by atoms with Crippen molar-refractivity contribution in [2.75, 3.05) is 38.3 Å². The second kappa shape index (κ2) is 9.26. The highest BCUT2D eigenvalue weighted by Gasteiger charge is 2.41. The van der Waals surface area contributed by atoms with Crippen LogP contribution in [0.2, 0.25) is 0 Å². The Kier molecular flexibility index (Phi) is 6.66. The van der Waals surface area contributed by atoms with E-state index in [0.29, 0.717) is 29.8 Å². The van der Waals surface area contributed by atoms with Gasteiger partial charge >= 0.3 is 0 Å². The van der Waals surface area contributed by atoms with E-state index in [9.17, 15) is 8.78 Å². The van der Waals surface area contributed by atoms with Crippen molar-refractivity contribution in [2.24, 2.45) is 16.1 Å². The molecule has 3 heterocycles. The first-order chi connectivity index (χ1) is 16.4. The molecule has 190 valence electrons. The molecule has 0 aliphatic carbocycles. The molecule has 0 unspecified atom stereocenters. The van der Waals surface area contributed by atoms with E-state index in [2.05, 4.69) is 25.8 Å². The van der Waals surface area contributed by atoms with Crippen molar-refractivity contribution in [2.45, 2.75) is 52.0 Å². The summed E-state index contributed by atoms with van der Waals surface area (Å²) in [5.41, 5.74) is 7.64. The van der Waals surface area contributed by atoms with Gasteiger partial charge in [0.05, 0.1) is 12.8 Å². The van der Waals surface area contributed by atoms with Crippen molar-refractivity contribution in [1.29, 1.82) is 0 Å². The van der Waals surface area contributed by atoms with Gasteiger partial charge in [-0.2, -0.15) is 0 Å². The fraction of sp³-hybridized carbons (Fsp3) is 0.538. The van der Waals surface area contributed by atoms with Crippen LogP contribution in [0.3, 0.4) is 0 Å². The topological polar surface area (TPSA) is 82.2 Å². The minimum Gasteiger partial charge on any atom is -0.477 e. The van der Waals surface area contributed by atoms with E-state index in [0.717, 1.165) is 16.8 Å². The number of amidine groups is 1. The number of alkyl halides is 2. The molecule has 1 saturated heterocycles. The molecule has 2 aliphatic rings. The molecule has 1 atom stereocenters. The Labute approximate surface area is 205 Å². The molecule has 0 radical (unpaired) electrons. The quantitative estimate of drug-likeness (QED) is 0.449. The molecule has 9 heteroatoms. The molecular formula is C26H34F2N4O3. The number of hydrogen-bond donors (Lipinski definition) is 1. The van der Waals surface area contributed by atoms with Crippen molar-refractivity contribution < 1.29 is 23.0 Å². The van der Waals surface area contributed by atoms with Gasteiger partial charge in [-0.15, -0.1) is 0 Å². The Bertz CT molecular complexity index is 1110. The zero-order valence-corrected chi connectivity index (χ0v) is 21.0. The Morgan fingerprint density at radius 1 is 1.17 bits per heavy atom. The molecule has 0 spiro atoms. The van der Waals surface area contributed by atoms with Crippen molar-refractivity contribution in [3.63, 3.8) is 0 Å². The van der Waals surface area contributed by atoms with Crippen molar-refractivity contribution in [3.8, 4) is 17.4 Å². The molecule has 1 aromatic carbocycles. The summed E-state index contributed by atoms with van der Waals surface area (Å²) in [5, 5.41) is 0. The number of fused-ring (bicyclic) bond motifs is 2. The number of aliphatic imine (C=N–C) groups is 1. The second-order valence-corrected chi connectivity index (χ2v) is 10.6. The number of nitrogens with zero attached hydrogens (tertiary/aromatic N) is 3. The average Bonchev–Trinajstić information content (AvgIpc) is 2.78. The molecule has 1 fully saturated rings.